The Bertz CT molecular complexity index is 357. The van der Waals surface area contributed by atoms with Crippen molar-refractivity contribution in [2.24, 2.45) is 5.92 Å². The van der Waals surface area contributed by atoms with Crippen LogP contribution in [0.1, 0.15) is 13.8 Å². The van der Waals surface area contributed by atoms with Crippen LogP contribution in [-0.2, 0) is 4.74 Å². The van der Waals surface area contributed by atoms with Crippen molar-refractivity contribution in [1.82, 2.24) is 0 Å². The number of fused-ring (bicyclic) bond motifs is 1. The summed E-state index contributed by atoms with van der Waals surface area (Å²) in [5.74, 6) is 0.616. The minimum absolute atomic E-state index is 0. The van der Waals surface area contributed by atoms with Crippen LogP contribution in [0.25, 0.3) is 0 Å². The van der Waals surface area contributed by atoms with E-state index < -0.39 is 0 Å². The lowest BCUT2D eigenvalue weighted by Crippen LogP contribution is -2.36. The second kappa shape index (κ2) is 7.49. The molecule has 1 aromatic carbocycles. The number of anilines is 2. The second-order valence-corrected chi connectivity index (χ2v) is 4.90. The number of halogens is 1. The van der Waals surface area contributed by atoms with Gasteiger partial charge in [-0.05, 0) is 18.1 Å². The van der Waals surface area contributed by atoms with E-state index in [2.05, 4.69) is 48.3 Å². The summed E-state index contributed by atoms with van der Waals surface area (Å²) in [5.41, 5.74) is 2.54. The van der Waals surface area contributed by atoms with Gasteiger partial charge in [0.2, 0.25) is 0 Å². The van der Waals surface area contributed by atoms with Gasteiger partial charge in [0.15, 0.2) is 0 Å². The Kier molecular flexibility index (Phi) is 6.30. The van der Waals surface area contributed by atoms with Gasteiger partial charge in [-0.3, -0.25) is 0 Å². The highest BCUT2D eigenvalue weighted by molar-refractivity contribution is 5.85. The summed E-state index contributed by atoms with van der Waals surface area (Å²) in [6.45, 7) is 9.08. The molecule has 1 heterocycles. The number of para-hydroxylation sites is 2. The Balaban J connectivity index is 0.00000162. The molecule has 1 aliphatic rings. The molecule has 1 aromatic rings. The van der Waals surface area contributed by atoms with Crippen molar-refractivity contribution in [3.8, 4) is 0 Å². The van der Waals surface area contributed by atoms with Gasteiger partial charge in [0.1, 0.15) is 0 Å². The molecule has 0 unspecified atom stereocenters. The van der Waals surface area contributed by atoms with Crippen molar-refractivity contribution in [2.45, 2.75) is 13.8 Å². The first-order chi connectivity index (χ1) is 8.27. The molecule has 4 heteroatoms. The van der Waals surface area contributed by atoms with Crippen LogP contribution in [0.15, 0.2) is 24.3 Å². The molecule has 2 rings (SSSR count). The fourth-order valence-corrected chi connectivity index (χ4v) is 2.07. The molecule has 0 aliphatic carbocycles. The molecular weight excluding hydrogens is 248 g/mol. The van der Waals surface area contributed by atoms with E-state index in [0.717, 1.165) is 32.8 Å². The van der Waals surface area contributed by atoms with E-state index in [1.54, 1.807) is 0 Å². The highest BCUT2D eigenvalue weighted by Crippen LogP contribution is 2.27. The molecule has 3 nitrogen and oxygen atoms in total. The fraction of sp³-hybridized carbons (Fsp3) is 0.571. The summed E-state index contributed by atoms with van der Waals surface area (Å²) >= 11 is 0. The van der Waals surface area contributed by atoms with Crippen LogP contribution >= 0.6 is 12.4 Å². The van der Waals surface area contributed by atoms with Crippen LogP contribution in [0.3, 0.4) is 0 Å². The van der Waals surface area contributed by atoms with Gasteiger partial charge in [-0.25, -0.2) is 0 Å². The van der Waals surface area contributed by atoms with Crippen LogP contribution in [0.5, 0.6) is 0 Å². The summed E-state index contributed by atoms with van der Waals surface area (Å²) in [5, 5.41) is 3.42. The fourth-order valence-electron chi connectivity index (χ4n) is 2.07. The summed E-state index contributed by atoms with van der Waals surface area (Å²) in [6.07, 6.45) is 0. The van der Waals surface area contributed by atoms with Gasteiger partial charge in [-0.15, -0.1) is 12.4 Å². The average molecular weight is 271 g/mol. The van der Waals surface area contributed by atoms with Gasteiger partial charge in [0.05, 0.1) is 18.0 Å². The van der Waals surface area contributed by atoms with Crippen molar-refractivity contribution >= 4 is 23.8 Å². The number of nitrogens with zero attached hydrogens (tertiary/aromatic N) is 1. The topological polar surface area (TPSA) is 24.5 Å². The van der Waals surface area contributed by atoms with Crippen molar-refractivity contribution < 1.29 is 4.74 Å². The minimum atomic E-state index is 0. The van der Waals surface area contributed by atoms with Gasteiger partial charge < -0.3 is 15.0 Å². The number of benzene rings is 1. The molecule has 0 aromatic heterocycles. The Morgan fingerprint density at radius 1 is 1.33 bits per heavy atom. The first-order valence-corrected chi connectivity index (χ1v) is 6.43. The first-order valence-electron chi connectivity index (χ1n) is 6.43. The van der Waals surface area contributed by atoms with E-state index in [1.165, 1.54) is 11.4 Å². The van der Waals surface area contributed by atoms with E-state index in [4.69, 9.17) is 4.74 Å². The zero-order valence-corrected chi connectivity index (χ0v) is 12.0. The maximum atomic E-state index is 5.65. The zero-order valence-electron chi connectivity index (χ0n) is 11.2. The molecule has 0 saturated heterocycles. The lowest BCUT2D eigenvalue weighted by atomic mass is 10.2. The standard InChI is InChI=1S/C14H22N2O.ClH/c1-12(2)11-17-10-9-16-8-7-15-13-5-3-4-6-14(13)16;/h3-6,12,15H,7-11H2,1-2H3;1H. The molecule has 0 bridgehead atoms. The highest BCUT2D eigenvalue weighted by Gasteiger charge is 2.14. The monoisotopic (exact) mass is 270 g/mol. The Labute approximate surface area is 116 Å². The number of ether oxygens (including phenoxy) is 1. The van der Waals surface area contributed by atoms with Gasteiger partial charge >= 0.3 is 0 Å². The largest absolute Gasteiger partial charge is 0.382 e. The van der Waals surface area contributed by atoms with Crippen molar-refractivity contribution in [3.63, 3.8) is 0 Å². The van der Waals surface area contributed by atoms with Crippen molar-refractivity contribution in [2.75, 3.05) is 43.1 Å². The zero-order chi connectivity index (χ0) is 12.1. The third-order valence-electron chi connectivity index (χ3n) is 2.90. The molecule has 0 fully saturated rings. The Morgan fingerprint density at radius 2 is 2.11 bits per heavy atom. The maximum absolute atomic E-state index is 5.65. The maximum Gasteiger partial charge on any atom is 0.0641 e. The van der Waals surface area contributed by atoms with Gasteiger partial charge in [0.25, 0.3) is 0 Å². The van der Waals surface area contributed by atoms with E-state index in [1.807, 2.05) is 0 Å². The predicted molar refractivity (Wildman–Crippen MR) is 80.0 cm³/mol. The van der Waals surface area contributed by atoms with Crippen LogP contribution < -0.4 is 10.2 Å². The molecule has 0 radical (unpaired) electrons. The summed E-state index contributed by atoms with van der Waals surface area (Å²) in [7, 11) is 0. The van der Waals surface area contributed by atoms with Crippen LogP contribution in [0.2, 0.25) is 0 Å². The highest BCUT2D eigenvalue weighted by atomic mass is 35.5. The minimum Gasteiger partial charge on any atom is -0.382 e. The number of rotatable bonds is 5. The third kappa shape index (κ3) is 4.07. The molecular formula is C14H23ClN2O. The molecule has 1 aliphatic heterocycles. The van der Waals surface area contributed by atoms with E-state index in [9.17, 15) is 0 Å². The van der Waals surface area contributed by atoms with E-state index >= 15 is 0 Å². The quantitative estimate of drug-likeness (QED) is 0.833. The lowest BCUT2D eigenvalue weighted by Gasteiger charge is -2.32. The Morgan fingerprint density at radius 3 is 2.89 bits per heavy atom. The molecule has 0 spiro atoms. The Hall–Kier alpha value is -0.930. The summed E-state index contributed by atoms with van der Waals surface area (Å²) in [6, 6.07) is 8.47. The SMILES string of the molecule is CC(C)COCCN1CCNc2ccccc21.Cl. The third-order valence-corrected chi connectivity index (χ3v) is 2.90. The predicted octanol–water partition coefficient (Wildman–Crippen LogP) is 3.01. The first kappa shape index (κ1) is 15.1. The van der Waals surface area contributed by atoms with Crippen LogP contribution in [0, 0.1) is 5.92 Å². The van der Waals surface area contributed by atoms with Crippen molar-refractivity contribution in [3.05, 3.63) is 24.3 Å². The smallest absolute Gasteiger partial charge is 0.0641 e. The molecule has 1 N–H and O–H groups in total. The molecule has 102 valence electrons. The van der Waals surface area contributed by atoms with Crippen molar-refractivity contribution in [1.29, 1.82) is 0 Å². The van der Waals surface area contributed by atoms with Crippen LogP contribution in [-0.4, -0.2) is 32.8 Å². The number of hydrogen-bond donors (Lipinski definition) is 1. The van der Waals surface area contributed by atoms with Gasteiger partial charge in [-0.1, -0.05) is 26.0 Å². The average Bonchev–Trinajstić information content (AvgIpc) is 2.34. The number of hydrogen-bond acceptors (Lipinski definition) is 3. The van der Waals surface area contributed by atoms with Gasteiger partial charge in [0, 0.05) is 26.2 Å². The molecule has 0 atom stereocenters. The molecule has 0 saturated carbocycles. The van der Waals surface area contributed by atoms with E-state index in [-0.39, 0.29) is 12.4 Å². The normalized spacial score (nSPS) is 13.8. The van der Waals surface area contributed by atoms with Crippen LogP contribution in [0.4, 0.5) is 11.4 Å². The second-order valence-electron chi connectivity index (χ2n) is 4.90. The number of nitrogens with one attached hydrogen (secondary N) is 1. The van der Waals surface area contributed by atoms with E-state index in [0.29, 0.717) is 5.92 Å². The lowest BCUT2D eigenvalue weighted by molar-refractivity contribution is 0.115. The summed E-state index contributed by atoms with van der Waals surface area (Å²) in [4.78, 5) is 2.40. The molecule has 0 amide bonds. The summed E-state index contributed by atoms with van der Waals surface area (Å²) < 4.78 is 5.65. The van der Waals surface area contributed by atoms with Gasteiger partial charge in [-0.2, -0.15) is 0 Å². The molecule has 18 heavy (non-hydrogen) atoms.